The maximum absolute atomic E-state index is 10.7. The van der Waals surface area contributed by atoms with Crippen LogP contribution >= 0.6 is 0 Å². The molecule has 2 unspecified atom stereocenters. The minimum atomic E-state index is -1.22. The van der Waals surface area contributed by atoms with E-state index in [2.05, 4.69) is 37.7 Å². The Balaban J connectivity index is 0.000000253. The highest BCUT2D eigenvalue weighted by Gasteiger charge is 2.27. The molecule has 1 saturated heterocycles. The number of carboxylic acid groups (broad SMARTS) is 2. The van der Waals surface area contributed by atoms with Gasteiger partial charge in [-0.05, 0) is 52.1 Å². The summed E-state index contributed by atoms with van der Waals surface area (Å²) in [7, 11) is 4.35. The quantitative estimate of drug-likeness (QED) is 0.888. The number of benzene rings is 1. The maximum Gasteiger partial charge on any atom is 0.336 e. The zero-order valence-corrected chi connectivity index (χ0v) is 14.4. The number of likely N-dealkylation sites (N-methyl/N-ethyl adjacent to an activating group) is 2. The fourth-order valence-electron chi connectivity index (χ4n) is 2.55. The van der Waals surface area contributed by atoms with Gasteiger partial charge in [-0.25, -0.2) is 9.59 Å². The third-order valence-corrected chi connectivity index (χ3v) is 4.43. The van der Waals surface area contributed by atoms with Crippen LogP contribution in [0, 0.1) is 0 Å². The molecule has 6 heteroatoms. The van der Waals surface area contributed by atoms with Gasteiger partial charge in [-0.1, -0.05) is 13.0 Å². The Morgan fingerprint density at radius 1 is 1.13 bits per heavy atom. The molecule has 2 N–H and O–H groups in total. The lowest BCUT2D eigenvalue weighted by molar-refractivity contribution is 0.0651. The number of rotatable bonds is 3. The smallest absolute Gasteiger partial charge is 0.336 e. The molecule has 0 bridgehead atoms. The topological polar surface area (TPSA) is 81.1 Å². The summed E-state index contributed by atoms with van der Waals surface area (Å²) in [6.07, 6.45) is 1.31. The van der Waals surface area contributed by atoms with Gasteiger partial charge in [-0.15, -0.1) is 0 Å². The van der Waals surface area contributed by atoms with Gasteiger partial charge in [0.2, 0.25) is 0 Å². The van der Waals surface area contributed by atoms with Gasteiger partial charge in [0.05, 0.1) is 17.3 Å². The maximum atomic E-state index is 10.7. The Hall–Kier alpha value is -1.92. The molecule has 6 nitrogen and oxygen atoms in total. The number of aryl methyl sites for hydroxylation is 1. The van der Waals surface area contributed by atoms with Gasteiger partial charge >= 0.3 is 11.9 Å². The van der Waals surface area contributed by atoms with Crippen molar-refractivity contribution in [1.29, 1.82) is 0 Å². The van der Waals surface area contributed by atoms with E-state index in [0.717, 1.165) is 11.6 Å². The van der Waals surface area contributed by atoms with E-state index in [-0.39, 0.29) is 11.1 Å². The number of hydrogen-bond donors (Lipinski definition) is 2. The summed E-state index contributed by atoms with van der Waals surface area (Å²) in [4.78, 5) is 26.1. The number of carboxylic acids is 2. The van der Waals surface area contributed by atoms with E-state index in [1.165, 1.54) is 18.7 Å². The average molecular weight is 322 g/mol. The molecule has 0 radical (unpaired) electrons. The van der Waals surface area contributed by atoms with Gasteiger partial charge in [0.15, 0.2) is 0 Å². The zero-order chi connectivity index (χ0) is 17.7. The second-order valence-electron chi connectivity index (χ2n) is 5.93. The molecule has 1 heterocycles. The first-order valence-corrected chi connectivity index (χ1v) is 7.70. The summed E-state index contributed by atoms with van der Waals surface area (Å²) in [5.74, 6) is -2.43. The first-order chi connectivity index (χ1) is 10.7. The van der Waals surface area contributed by atoms with Crippen molar-refractivity contribution < 1.29 is 19.8 Å². The van der Waals surface area contributed by atoms with E-state index < -0.39 is 11.9 Å². The minimum Gasteiger partial charge on any atom is -0.478 e. The minimum absolute atomic E-state index is 0.156. The first kappa shape index (κ1) is 19.1. The van der Waals surface area contributed by atoms with Crippen molar-refractivity contribution in [2.45, 2.75) is 39.4 Å². The summed E-state index contributed by atoms with van der Waals surface area (Å²) in [5, 5.41) is 17.5. The highest BCUT2D eigenvalue weighted by atomic mass is 16.4. The zero-order valence-electron chi connectivity index (χ0n) is 14.4. The second kappa shape index (κ2) is 8.08. The van der Waals surface area contributed by atoms with Crippen LogP contribution in [0.1, 0.15) is 47.1 Å². The molecule has 0 saturated carbocycles. The molecular weight excluding hydrogens is 296 g/mol. The van der Waals surface area contributed by atoms with Crippen molar-refractivity contribution in [2.75, 3.05) is 20.6 Å². The predicted molar refractivity (Wildman–Crippen MR) is 89.1 cm³/mol. The molecule has 23 heavy (non-hydrogen) atoms. The number of hydrogen-bond acceptors (Lipinski definition) is 4. The second-order valence-corrected chi connectivity index (χ2v) is 5.93. The molecule has 2 rings (SSSR count). The fraction of sp³-hybridized carbons (Fsp3) is 0.529. The molecule has 1 aliphatic heterocycles. The molecular formula is C17H26N2O4. The average Bonchev–Trinajstić information content (AvgIpc) is 2.73. The van der Waals surface area contributed by atoms with E-state index >= 15 is 0 Å². The normalized spacial score (nSPS) is 21.6. The van der Waals surface area contributed by atoms with Crippen molar-refractivity contribution in [3.05, 3.63) is 34.9 Å². The molecule has 0 amide bonds. The van der Waals surface area contributed by atoms with Gasteiger partial charge in [-0.2, -0.15) is 0 Å². The summed E-state index contributed by atoms with van der Waals surface area (Å²) in [6.45, 7) is 7.59. The van der Waals surface area contributed by atoms with E-state index in [1.54, 1.807) is 6.07 Å². The highest BCUT2D eigenvalue weighted by molar-refractivity contribution is 6.01. The Morgan fingerprint density at radius 3 is 2.00 bits per heavy atom. The molecule has 2 atom stereocenters. The van der Waals surface area contributed by atoms with Crippen LogP contribution in [0.4, 0.5) is 0 Å². The third-order valence-electron chi connectivity index (χ3n) is 4.43. The predicted octanol–water partition coefficient (Wildman–Crippen LogP) is 2.24. The largest absolute Gasteiger partial charge is 0.478 e. The highest BCUT2D eigenvalue weighted by Crippen LogP contribution is 2.14. The van der Waals surface area contributed by atoms with Crippen molar-refractivity contribution in [1.82, 2.24) is 9.80 Å². The summed E-state index contributed by atoms with van der Waals surface area (Å²) in [5.41, 5.74) is 0.485. The van der Waals surface area contributed by atoms with Crippen LogP contribution in [0.3, 0.4) is 0 Å². The Labute approximate surface area is 137 Å². The Bertz CT molecular complexity index is 562. The van der Waals surface area contributed by atoms with Crippen molar-refractivity contribution >= 4 is 11.9 Å². The van der Waals surface area contributed by atoms with Crippen LogP contribution in [0.25, 0.3) is 0 Å². The molecule has 1 aromatic rings. The molecule has 1 aromatic carbocycles. The van der Waals surface area contributed by atoms with E-state index in [0.29, 0.717) is 12.6 Å². The van der Waals surface area contributed by atoms with Crippen molar-refractivity contribution in [3.8, 4) is 0 Å². The Kier molecular flexibility index (Phi) is 6.72. The van der Waals surface area contributed by atoms with E-state index in [9.17, 15) is 9.59 Å². The van der Waals surface area contributed by atoms with Crippen LogP contribution in [0.5, 0.6) is 0 Å². The molecule has 0 spiro atoms. The van der Waals surface area contributed by atoms with Gasteiger partial charge in [0.25, 0.3) is 0 Å². The SMILES string of the molecule is CC1CN(C)C(C)N1C.CCc1ccc(C(=O)O)c(C(=O)O)c1. The molecule has 0 aliphatic carbocycles. The van der Waals surface area contributed by atoms with Crippen LogP contribution in [0.2, 0.25) is 0 Å². The van der Waals surface area contributed by atoms with Gasteiger partial charge in [0, 0.05) is 12.6 Å². The number of carbonyl (C=O) groups is 2. The molecule has 1 fully saturated rings. The summed E-state index contributed by atoms with van der Waals surface area (Å²) >= 11 is 0. The number of nitrogens with zero attached hydrogens (tertiary/aromatic N) is 2. The lowest BCUT2D eigenvalue weighted by Gasteiger charge is -2.21. The number of aromatic carboxylic acids is 2. The van der Waals surface area contributed by atoms with Crippen LogP contribution < -0.4 is 0 Å². The third kappa shape index (κ3) is 4.77. The van der Waals surface area contributed by atoms with Crippen LogP contribution in [-0.4, -0.2) is 64.8 Å². The van der Waals surface area contributed by atoms with Gasteiger partial charge < -0.3 is 10.2 Å². The molecule has 0 aromatic heterocycles. The fourth-order valence-corrected chi connectivity index (χ4v) is 2.55. The lowest BCUT2D eigenvalue weighted by atomic mass is 10.0. The van der Waals surface area contributed by atoms with E-state index in [4.69, 9.17) is 10.2 Å². The first-order valence-electron chi connectivity index (χ1n) is 7.70. The van der Waals surface area contributed by atoms with Crippen LogP contribution in [-0.2, 0) is 6.42 Å². The summed E-state index contributed by atoms with van der Waals surface area (Å²) in [6, 6.07) is 5.07. The molecule has 1 aliphatic rings. The standard InChI is InChI=1S/C10H10O4.C7H16N2/c1-2-6-3-4-7(9(11)12)8(5-6)10(13)14;1-6-5-8(3)7(2)9(6)4/h3-5H,2H2,1H3,(H,11,12)(H,13,14);6-7H,5H2,1-4H3. The van der Waals surface area contributed by atoms with Crippen LogP contribution in [0.15, 0.2) is 18.2 Å². The van der Waals surface area contributed by atoms with E-state index in [1.807, 2.05) is 6.92 Å². The summed E-state index contributed by atoms with van der Waals surface area (Å²) < 4.78 is 0. The molecule has 128 valence electrons. The monoisotopic (exact) mass is 322 g/mol. The van der Waals surface area contributed by atoms with Gasteiger partial charge in [-0.3, -0.25) is 9.80 Å². The Morgan fingerprint density at radius 2 is 1.70 bits per heavy atom. The van der Waals surface area contributed by atoms with Gasteiger partial charge in [0.1, 0.15) is 0 Å². The lowest BCUT2D eigenvalue weighted by Crippen LogP contribution is -2.32. The van der Waals surface area contributed by atoms with Crippen molar-refractivity contribution in [3.63, 3.8) is 0 Å². The van der Waals surface area contributed by atoms with Crippen molar-refractivity contribution in [2.24, 2.45) is 0 Å².